The van der Waals surface area contributed by atoms with Crippen LogP contribution in [0, 0.1) is 0 Å². The fourth-order valence-electron chi connectivity index (χ4n) is 3.30. The van der Waals surface area contributed by atoms with E-state index in [0.29, 0.717) is 6.61 Å². The fourth-order valence-corrected chi connectivity index (χ4v) is 3.94. The summed E-state index contributed by atoms with van der Waals surface area (Å²) >= 11 is 1.70. The van der Waals surface area contributed by atoms with Crippen LogP contribution < -0.4 is 0 Å². The molecule has 0 aromatic carbocycles. The minimum absolute atomic E-state index is 0.160. The van der Waals surface area contributed by atoms with Gasteiger partial charge in [-0.25, -0.2) is 0 Å². The molecule has 22 heavy (non-hydrogen) atoms. The number of rotatable bonds is 4. The number of amides is 1. The van der Waals surface area contributed by atoms with Crippen molar-refractivity contribution < 1.29 is 9.53 Å². The van der Waals surface area contributed by atoms with E-state index in [4.69, 9.17) is 4.74 Å². The number of thioether (sulfide) groups is 1. The van der Waals surface area contributed by atoms with Crippen LogP contribution >= 0.6 is 11.8 Å². The number of ether oxygens (including phenoxy) is 1. The first kappa shape index (κ1) is 15.8. The smallest absolute Gasteiger partial charge is 0.251 e. The molecule has 0 bridgehead atoms. The van der Waals surface area contributed by atoms with Crippen LogP contribution in [0.25, 0.3) is 0 Å². The molecule has 2 atom stereocenters. The highest BCUT2D eigenvalue weighted by atomic mass is 32.2. The van der Waals surface area contributed by atoms with E-state index >= 15 is 0 Å². The van der Waals surface area contributed by atoms with Crippen LogP contribution in [0.5, 0.6) is 0 Å². The third-order valence-electron chi connectivity index (χ3n) is 4.45. The average Bonchev–Trinajstić information content (AvgIpc) is 3.18. The summed E-state index contributed by atoms with van der Waals surface area (Å²) in [7, 11) is 2.02. The van der Waals surface area contributed by atoms with Gasteiger partial charge in [0.25, 0.3) is 5.91 Å². The topological polar surface area (TPSA) is 60.3 Å². The van der Waals surface area contributed by atoms with E-state index < -0.39 is 0 Å². The summed E-state index contributed by atoms with van der Waals surface area (Å²) in [5, 5.41) is 9.61. The van der Waals surface area contributed by atoms with Crippen LogP contribution in [-0.2, 0) is 16.6 Å². The minimum atomic E-state index is -0.218. The summed E-state index contributed by atoms with van der Waals surface area (Å²) in [5.41, 5.74) is 0. The van der Waals surface area contributed by atoms with Gasteiger partial charge in [-0.3, -0.25) is 4.79 Å². The van der Waals surface area contributed by atoms with Crippen LogP contribution in [0.3, 0.4) is 0 Å². The lowest BCUT2D eigenvalue weighted by Gasteiger charge is -2.33. The van der Waals surface area contributed by atoms with E-state index in [1.807, 2.05) is 11.9 Å². The van der Waals surface area contributed by atoms with E-state index in [0.717, 1.165) is 55.5 Å². The second kappa shape index (κ2) is 7.00. The second-order valence-electron chi connectivity index (χ2n) is 5.96. The molecule has 0 spiro atoms. The maximum Gasteiger partial charge on any atom is 0.251 e. The highest BCUT2D eigenvalue weighted by molar-refractivity contribution is 7.99. The van der Waals surface area contributed by atoms with Gasteiger partial charge >= 0.3 is 0 Å². The number of carbonyl (C=O) groups excluding carboxylic acids is 1. The van der Waals surface area contributed by atoms with Crippen LogP contribution in [0.1, 0.15) is 44.3 Å². The lowest BCUT2D eigenvalue weighted by atomic mass is 9.96. The van der Waals surface area contributed by atoms with Crippen molar-refractivity contribution in [3.05, 3.63) is 5.82 Å². The van der Waals surface area contributed by atoms with Crippen LogP contribution in [0.2, 0.25) is 0 Å². The van der Waals surface area contributed by atoms with E-state index in [1.54, 1.807) is 11.8 Å². The SMILES string of the molecule is CCSc1nnc([C@@H]2CCCN(C(=O)[C@@H]3CCCO3)C2)n1C. The number of piperidine rings is 1. The monoisotopic (exact) mass is 324 g/mol. The third kappa shape index (κ3) is 3.15. The Balaban J connectivity index is 1.68. The van der Waals surface area contributed by atoms with Crippen molar-refractivity contribution in [2.75, 3.05) is 25.4 Å². The zero-order valence-electron chi connectivity index (χ0n) is 13.3. The molecule has 0 saturated carbocycles. The molecule has 1 aromatic rings. The molecule has 2 aliphatic heterocycles. The lowest BCUT2D eigenvalue weighted by Crippen LogP contribution is -2.44. The van der Waals surface area contributed by atoms with Crippen LogP contribution in [-0.4, -0.2) is 57.1 Å². The van der Waals surface area contributed by atoms with Gasteiger partial charge in [-0.05, 0) is 31.4 Å². The van der Waals surface area contributed by atoms with Gasteiger partial charge in [0.05, 0.1) is 0 Å². The van der Waals surface area contributed by atoms with Gasteiger partial charge in [0.2, 0.25) is 0 Å². The molecule has 0 unspecified atom stereocenters. The van der Waals surface area contributed by atoms with Crippen molar-refractivity contribution >= 4 is 17.7 Å². The Labute approximate surface area is 135 Å². The van der Waals surface area contributed by atoms with Crippen molar-refractivity contribution in [2.45, 2.75) is 49.8 Å². The van der Waals surface area contributed by atoms with Crippen molar-refractivity contribution in [3.8, 4) is 0 Å². The standard InChI is InChI=1S/C15H24N4O2S/c1-3-22-15-17-16-13(18(15)2)11-6-4-8-19(10-11)14(20)12-7-5-9-21-12/h11-12H,3-10H2,1-2H3/t11-,12+/m1/s1. The summed E-state index contributed by atoms with van der Waals surface area (Å²) in [6.07, 6.45) is 3.73. The first-order chi connectivity index (χ1) is 10.7. The molecule has 0 aliphatic carbocycles. The van der Waals surface area contributed by atoms with Gasteiger partial charge in [-0.15, -0.1) is 10.2 Å². The lowest BCUT2D eigenvalue weighted by molar-refractivity contribution is -0.142. The number of hydrogen-bond acceptors (Lipinski definition) is 5. The molecule has 1 amide bonds. The first-order valence-corrected chi connectivity index (χ1v) is 9.11. The van der Waals surface area contributed by atoms with E-state index in [1.165, 1.54) is 0 Å². The van der Waals surface area contributed by atoms with Crippen molar-refractivity contribution in [1.29, 1.82) is 0 Å². The molecule has 2 fully saturated rings. The zero-order valence-corrected chi connectivity index (χ0v) is 14.1. The molecular formula is C15H24N4O2S. The van der Waals surface area contributed by atoms with Gasteiger partial charge in [-0.1, -0.05) is 18.7 Å². The summed E-state index contributed by atoms with van der Waals surface area (Å²) in [6, 6.07) is 0. The Morgan fingerprint density at radius 2 is 2.23 bits per heavy atom. The van der Waals surface area contributed by atoms with Gasteiger partial charge in [0, 0.05) is 32.7 Å². The van der Waals surface area contributed by atoms with Crippen molar-refractivity contribution in [3.63, 3.8) is 0 Å². The average molecular weight is 324 g/mol. The predicted octanol–water partition coefficient (Wildman–Crippen LogP) is 1.81. The molecule has 2 saturated heterocycles. The molecule has 6 nitrogen and oxygen atoms in total. The van der Waals surface area contributed by atoms with Gasteiger partial charge in [-0.2, -0.15) is 0 Å². The highest BCUT2D eigenvalue weighted by Crippen LogP contribution is 2.29. The minimum Gasteiger partial charge on any atom is -0.368 e. The number of nitrogens with zero attached hydrogens (tertiary/aromatic N) is 4. The van der Waals surface area contributed by atoms with Crippen LogP contribution in [0.15, 0.2) is 5.16 Å². The molecule has 1 aromatic heterocycles. The van der Waals surface area contributed by atoms with Gasteiger partial charge < -0.3 is 14.2 Å². The summed E-state index contributed by atoms with van der Waals surface area (Å²) in [6.45, 7) is 4.40. The van der Waals surface area contributed by atoms with Crippen molar-refractivity contribution in [2.24, 2.45) is 7.05 Å². The highest BCUT2D eigenvalue weighted by Gasteiger charge is 2.33. The molecule has 122 valence electrons. The number of likely N-dealkylation sites (tertiary alicyclic amines) is 1. The Morgan fingerprint density at radius 1 is 1.36 bits per heavy atom. The number of carbonyl (C=O) groups is 1. The van der Waals surface area contributed by atoms with Gasteiger partial charge in [0.15, 0.2) is 5.16 Å². The molecule has 2 aliphatic rings. The maximum atomic E-state index is 12.5. The van der Waals surface area contributed by atoms with Crippen LogP contribution in [0.4, 0.5) is 0 Å². The molecule has 3 rings (SSSR count). The summed E-state index contributed by atoms with van der Waals surface area (Å²) < 4.78 is 7.62. The molecule has 0 N–H and O–H groups in total. The summed E-state index contributed by atoms with van der Waals surface area (Å²) in [5.74, 6) is 2.43. The summed E-state index contributed by atoms with van der Waals surface area (Å²) in [4.78, 5) is 14.5. The van der Waals surface area contributed by atoms with Gasteiger partial charge in [0.1, 0.15) is 11.9 Å². The molecule has 3 heterocycles. The maximum absolute atomic E-state index is 12.5. The molecule has 0 radical (unpaired) electrons. The Bertz CT molecular complexity index is 528. The van der Waals surface area contributed by atoms with E-state index in [-0.39, 0.29) is 17.9 Å². The zero-order chi connectivity index (χ0) is 15.5. The first-order valence-electron chi connectivity index (χ1n) is 8.13. The fraction of sp³-hybridized carbons (Fsp3) is 0.800. The quantitative estimate of drug-likeness (QED) is 0.791. The van der Waals surface area contributed by atoms with E-state index in [2.05, 4.69) is 21.7 Å². The Hall–Kier alpha value is -1.08. The third-order valence-corrected chi connectivity index (χ3v) is 5.35. The predicted molar refractivity (Wildman–Crippen MR) is 84.9 cm³/mol. The van der Waals surface area contributed by atoms with Crippen molar-refractivity contribution in [1.82, 2.24) is 19.7 Å². The second-order valence-corrected chi connectivity index (χ2v) is 7.19. The molecule has 7 heteroatoms. The van der Waals surface area contributed by atoms with E-state index in [9.17, 15) is 4.79 Å². The number of aromatic nitrogens is 3. The Kier molecular flexibility index (Phi) is 5.03. The number of hydrogen-bond donors (Lipinski definition) is 0. The normalized spacial score (nSPS) is 25.6. The molecular weight excluding hydrogens is 300 g/mol. The largest absolute Gasteiger partial charge is 0.368 e. The Morgan fingerprint density at radius 3 is 2.95 bits per heavy atom.